The molecule has 2 fully saturated rings. The van der Waals surface area contributed by atoms with Crippen LogP contribution in [-0.2, 0) is 0 Å². The Morgan fingerprint density at radius 3 is 1.38 bits per heavy atom. The molecule has 0 aromatic carbocycles. The van der Waals surface area contributed by atoms with Gasteiger partial charge in [0.25, 0.3) is 0 Å². The van der Waals surface area contributed by atoms with Gasteiger partial charge in [0.2, 0.25) is 0 Å². The zero-order chi connectivity index (χ0) is 5.72. The van der Waals surface area contributed by atoms with E-state index in [1.54, 1.807) is 11.1 Å². The van der Waals surface area contributed by atoms with Gasteiger partial charge in [-0.3, -0.25) is 0 Å². The SMILES string of the molecule is CC1CC1=C1CC1C. The second kappa shape index (κ2) is 1.18. The van der Waals surface area contributed by atoms with Gasteiger partial charge in [-0.15, -0.1) is 0 Å². The minimum absolute atomic E-state index is 0.968. The number of rotatable bonds is 0. The van der Waals surface area contributed by atoms with Crippen LogP contribution in [0, 0.1) is 11.8 Å². The second-order valence-corrected chi connectivity index (χ2v) is 3.26. The molecular formula is C8H12. The molecule has 0 aromatic heterocycles. The molecule has 8 heavy (non-hydrogen) atoms. The summed E-state index contributed by atoms with van der Waals surface area (Å²) in [6.45, 7) is 4.65. The van der Waals surface area contributed by atoms with Crippen LogP contribution in [0.15, 0.2) is 11.1 Å². The van der Waals surface area contributed by atoms with Gasteiger partial charge in [0, 0.05) is 0 Å². The average Bonchev–Trinajstić information content (AvgIpc) is 2.47. The fourth-order valence-corrected chi connectivity index (χ4v) is 1.44. The van der Waals surface area contributed by atoms with Crippen molar-refractivity contribution in [1.82, 2.24) is 0 Å². The fraction of sp³-hybridized carbons (Fsp3) is 0.750. The molecule has 0 amide bonds. The highest BCUT2D eigenvalue weighted by atomic mass is 14.4. The Hall–Kier alpha value is -0.260. The molecule has 0 spiro atoms. The molecule has 0 radical (unpaired) electrons. The first-order valence-electron chi connectivity index (χ1n) is 3.51. The van der Waals surface area contributed by atoms with E-state index in [2.05, 4.69) is 13.8 Å². The van der Waals surface area contributed by atoms with Gasteiger partial charge in [0.1, 0.15) is 0 Å². The Morgan fingerprint density at radius 2 is 1.25 bits per heavy atom. The monoisotopic (exact) mass is 108 g/mol. The van der Waals surface area contributed by atoms with Crippen LogP contribution in [0.4, 0.5) is 0 Å². The molecule has 2 aliphatic carbocycles. The topological polar surface area (TPSA) is 0 Å². The van der Waals surface area contributed by atoms with E-state index in [4.69, 9.17) is 0 Å². The first kappa shape index (κ1) is 4.60. The Balaban J connectivity index is 2.16. The molecule has 2 saturated carbocycles. The maximum Gasteiger partial charge on any atom is -0.0191 e. The van der Waals surface area contributed by atoms with Gasteiger partial charge in [-0.05, 0) is 24.7 Å². The average molecular weight is 108 g/mol. The van der Waals surface area contributed by atoms with E-state index in [-0.39, 0.29) is 0 Å². The predicted octanol–water partition coefficient (Wildman–Crippen LogP) is 2.36. The molecule has 2 unspecified atom stereocenters. The minimum Gasteiger partial charge on any atom is -0.0670 e. The standard InChI is InChI=1S/C8H12/c1-5-3-7(5)8-4-6(8)2/h5-6H,3-4H2,1-2H3. The zero-order valence-electron chi connectivity index (χ0n) is 5.57. The van der Waals surface area contributed by atoms with Crippen molar-refractivity contribution in [2.45, 2.75) is 26.7 Å². The van der Waals surface area contributed by atoms with Crippen LogP contribution in [0.25, 0.3) is 0 Å². The highest BCUT2D eigenvalue weighted by Gasteiger charge is 2.36. The molecule has 0 aliphatic heterocycles. The largest absolute Gasteiger partial charge is 0.0670 e. The third-order valence-electron chi connectivity index (χ3n) is 2.33. The Kier molecular flexibility index (Phi) is 0.677. The van der Waals surface area contributed by atoms with Crippen LogP contribution in [0.5, 0.6) is 0 Å². The van der Waals surface area contributed by atoms with E-state index in [0.717, 1.165) is 11.8 Å². The van der Waals surface area contributed by atoms with Gasteiger partial charge < -0.3 is 0 Å². The molecule has 0 nitrogen and oxygen atoms in total. The Labute approximate surface area is 50.6 Å². The minimum atomic E-state index is 0.968. The van der Waals surface area contributed by atoms with Crippen molar-refractivity contribution in [2.24, 2.45) is 11.8 Å². The quantitative estimate of drug-likeness (QED) is 0.418. The molecule has 2 aliphatic rings. The summed E-state index contributed by atoms with van der Waals surface area (Å²) < 4.78 is 0. The summed E-state index contributed by atoms with van der Waals surface area (Å²) in [6.07, 6.45) is 2.83. The lowest BCUT2D eigenvalue weighted by Gasteiger charge is -1.71. The molecule has 0 heteroatoms. The van der Waals surface area contributed by atoms with Crippen molar-refractivity contribution in [3.05, 3.63) is 11.1 Å². The molecule has 2 rings (SSSR count). The maximum atomic E-state index is 2.33. The molecule has 0 bridgehead atoms. The van der Waals surface area contributed by atoms with Crippen LogP contribution in [0.3, 0.4) is 0 Å². The van der Waals surface area contributed by atoms with Crippen LogP contribution < -0.4 is 0 Å². The van der Waals surface area contributed by atoms with E-state index in [0.29, 0.717) is 0 Å². The summed E-state index contributed by atoms with van der Waals surface area (Å²) in [5.74, 6) is 1.94. The summed E-state index contributed by atoms with van der Waals surface area (Å²) in [5, 5.41) is 0. The van der Waals surface area contributed by atoms with Crippen molar-refractivity contribution in [3.8, 4) is 0 Å². The second-order valence-electron chi connectivity index (χ2n) is 3.26. The van der Waals surface area contributed by atoms with E-state index >= 15 is 0 Å². The summed E-state index contributed by atoms with van der Waals surface area (Å²) in [4.78, 5) is 0. The van der Waals surface area contributed by atoms with E-state index in [1.165, 1.54) is 12.8 Å². The summed E-state index contributed by atoms with van der Waals surface area (Å²) in [6, 6.07) is 0. The lowest BCUT2D eigenvalue weighted by atomic mass is 10.4. The summed E-state index contributed by atoms with van der Waals surface area (Å²) in [5.41, 5.74) is 3.58. The van der Waals surface area contributed by atoms with Crippen molar-refractivity contribution < 1.29 is 0 Å². The van der Waals surface area contributed by atoms with E-state index < -0.39 is 0 Å². The Morgan fingerprint density at radius 1 is 1.00 bits per heavy atom. The van der Waals surface area contributed by atoms with Gasteiger partial charge >= 0.3 is 0 Å². The fourth-order valence-electron chi connectivity index (χ4n) is 1.44. The third kappa shape index (κ3) is 0.521. The van der Waals surface area contributed by atoms with Gasteiger partial charge in [-0.1, -0.05) is 25.0 Å². The smallest absolute Gasteiger partial charge is 0.0191 e. The van der Waals surface area contributed by atoms with Gasteiger partial charge in [-0.25, -0.2) is 0 Å². The number of allylic oxidation sites excluding steroid dienone is 2. The summed E-state index contributed by atoms with van der Waals surface area (Å²) in [7, 11) is 0. The summed E-state index contributed by atoms with van der Waals surface area (Å²) >= 11 is 0. The highest BCUT2D eigenvalue weighted by molar-refractivity contribution is 5.38. The zero-order valence-corrected chi connectivity index (χ0v) is 5.57. The van der Waals surface area contributed by atoms with Crippen LogP contribution in [-0.4, -0.2) is 0 Å². The van der Waals surface area contributed by atoms with Crippen LogP contribution in [0.2, 0.25) is 0 Å². The molecule has 2 atom stereocenters. The van der Waals surface area contributed by atoms with Crippen LogP contribution in [0.1, 0.15) is 26.7 Å². The van der Waals surface area contributed by atoms with Crippen molar-refractivity contribution in [1.29, 1.82) is 0 Å². The van der Waals surface area contributed by atoms with Gasteiger partial charge in [0.05, 0.1) is 0 Å². The van der Waals surface area contributed by atoms with Gasteiger partial charge in [-0.2, -0.15) is 0 Å². The first-order chi connectivity index (χ1) is 3.79. The van der Waals surface area contributed by atoms with Gasteiger partial charge in [0.15, 0.2) is 0 Å². The lowest BCUT2D eigenvalue weighted by Crippen LogP contribution is -1.57. The normalized spacial score (nSPS) is 51.8. The third-order valence-corrected chi connectivity index (χ3v) is 2.33. The lowest BCUT2D eigenvalue weighted by molar-refractivity contribution is 1.00. The Bertz CT molecular complexity index is 135. The van der Waals surface area contributed by atoms with Crippen LogP contribution >= 0.6 is 0 Å². The van der Waals surface area contributed by atoms with Crippen molar-refractivity contribution in [2.75, 3.05) is 0 Å². The molecule has 0 heterocycles. The molecule has 44 valence electrons. The van der Waals surface area contributed by atoms with Crippen molar-refractivity contribution in [3.63, 3.8) is 0 Å². The molecule has 0 aromatic rings. The molecular weight excluding hydrogens is 96.1 g/mol. The predicted molar refractivity (Wildman–Crippen MR) is 34.6 cm³/mol. The maximum absolute atomic E-state index is 2.33. The molecule has 0 saturated heterocycles. The highest BCUT2D eigenvalue weighted by Crippen LogP contribution is 2.51. The van der Waals surface area contributed by atoms with E-state index in [9.17, 15) is 0 Å². The molecule has 0 N–H and O–H groups in total. The number of hydrogen-bond acceptors (Lipinski definition) is 0. The van der Waals surface area contributed by atoms with E-state index in [1.807, 2.05) is 0 Å². The number of hydrogen-bond donors (Lipinski definition) is 0. The first-order valence-corrected chi connectivity index (χ1v) is 3.51. The van der Waals surface area contributed by atoms with Crippen molar-refractivity contribution >= 4 is 0 Å².